The van der Waals surface area contributed by atoms with Crippen molar-refractivity contribution in [1.82, 2.24) is 10.3 Å². The largest absolute Gasteiger partial charge is 0.389 e. The highest BCUT2D eigenvalue weighted by Gasteiger charge is 2.29. The van der Waals surface area contributed by atoms with Crippen LogP contribution in [0.1, 0.15) is 41.4 Å². The van der Waals surface area contributed by atoms with Gasteiger partial charge >= 0.3 is 6.18 Å². The summed E-state index contributed by atoms with van der Waals surface area (Å²) in [4.78, 5) is 5.18. The standard InChI is InChI=1S/C11H17F3N2S/c1-4-15-9(5-6-11(12,13)14)10-7(2)16-8(3)17-10/h9,15H,4-6H2,1-3H3. The lowest BCUT2D eigenvalue weighted by Crippen LogP contribution is -2.23. The Morgan fingerprint density at radius 1 is 1.35 bits per heavy atom. The third-order valence-corrected chi connectivity index (χ3v) is 3.61. The monoisotopic (exact) mass is 266 g/mol. The molecule has 17 heavy (non-hydrogen) atoms. The zero-order valence-corrected chi connectivity index (χ0v) is 11.0. The van der Waals surface area contributed by atoms with Gasteiger partial charge < -0.3 is 5.32 Å². The molecule has 1 rings (SSSR count). The van der Waals surface area contributed by atoms with Crippen LogP contribution in [0.4, 0.5) is 13.2 Å². The van der Waals surface area contributed by atoms with Gasteiger partial charge in [-0.2, -0.15) is 13.2 Å². The third-order valence-electron chi connectivity index (χ3n) is 2.42. The van der Waals surface area contributed by atoms with Gasteiger partial charge in [-0.15, -0.1) is 11.3 Å². The number of aromatic nitrogens is 1. The molecule has 0 aliphatic carbocycles. The van der Waals surface area contributed by atoms with Crippen LogP contribution in [-0.4, -0.2) is 17.7 Å². The first kappa shape index (κ1) is 14.4. The van der Waals surface area contributed by atoms with Crippen LogP contribution in [0.15, 0.2) is 0 Å². The first-order valence-corrected chi connectivity index (χ1v) is 6.39. The SMILES string of the molecule is CCNC(CCC(F)(F)F)c1sc(C)nc1C. The van der Waals surface area contributed by atoms with Crippen LogP contribution < -0.4 is 5.32 Å². The van der Waals surface area contributed by atoms with Crippen LogP contribution in [0.3, 0.4) is 0 Å². The molecule has 0 saturated carbocycles. The van der Waals surface area contributed by atoms with E-state index in [1.165, 1.54) is 11.3 Å². The maximum atomic E-state index is 12.2. The minimum absolute atomic E-state index is 0.0693. The van der Waals surface area contributed by atoms with Gasteiger partial charge in [-0.25, -0.2) is 4.98 Å². The molecule has 0 saturated heterocycles. The highest BCUT2D eigenvalue weighted by atomic mass is 32.1. The Bertz CT molecular complexity index is 360. The van der Waals surface area contributed by atoms with Gasteiger partial charge in [0, 0.05) is 17.3 Å². The first-order chi connectivity index (χ1) is 7.83. The van der Waals surface area contributed by atoms with Crippen LogP contribution in [0.25, 0.3) is 0 Å². The molecule has 0 amide bonds. The summed E-state index contributed by atoms with van der Waals surface area (Å²) in [5, 5.41) is 3.99. The molecule has 1 aromatic rings. The van der Waals surface area contributed by atoms with Crippen molar-refractivity contribution in [2.24, 2.45) is 0 Å². The molecule has 0 aliphatic heterocycles. The predicted molar refractivity (Wildman–Crippen MR) is 63.3 cm³/mol. The average molecular weight is 266 g/mol. The molecule has 1 unspecified atom stereocenters. The number of halogens is 3. The number of hydrogen-bond donors (Lipinski definition) is 1. The molecule has 1 aromatic heterocycles. The number of aryl methyl sites for hydroxylation is 2. The molecule has 98 valence electrons. The van der Waals surface area contributed by atoms with Crippen LogP contribution in [0, 0.1) is 13.8 Å². The van der Waals surface area contributed by atoms with Crippen LogP contribution in [0.5, 0.6) is 0 Å². The van der Waals surface area contributed by atoms with E-state index in [1.54, 1.807) is 0 Å². The number of hydrogen-bond acceptors (Lipinski definition) is 3. The molecule has 0 aromatic carbocycles. The Labute approximate surface area is 103 Å². The molecular formula is C11H17F3N2S. The topological polar surface area (TPSA) is 24.9 Å². The van der Waals surface area contributed by atoms with Crippen molar-refractivity contribution in [2.45, 2.75) is 45.8 Å². The maximum absolute atomic E-state index is 12.2. The van der Waals surface area contributed by atoms with Crippen LogP contribution in [0.2, 0.25) is 0 Å². The number of nitrogens with one attached hydrogen (secondary N) is 1. The highest BCUT2D eigenvalue weighted by molar-refractivity contribution is 7.11. The molecule has 0 aliphatic rings. The average Bonchev–Trinajstić information content (AvgIpc) is 2.51. The van der Waals surface area contributed by atoms with E-state index in [-0.39, 0.29) is 12.5 Å². The minimum Gasteiger partial charge on any atom is -0.309 e. The van der Waals surface area contributed by atoms with Crippen molar-refractivity contribution < 1.29 is 13.2 Å². The van der Waals surface area contributed by atoms with Crippen LogP contribution >= 0.6 is 11.3 Å². The van der Waals surface area contributed by atoms with Gasteiger partial charge in [-0.3, -0.25) is 0 Å². The summed E-state index contributed by atoms with van der Waals surface area (Å²) in [6.45, 7) is 6.26. The molecule has 1 heterocycles. The van der Waals surface area contributed by atoms with E-state index in [0.717, 1.165) is 15.6 Å². The molecule has 2 nitrogen and oxygen atoms in total. The zero-order valence-electron chi connectivity index (χ0n) is 10.2. The summed E-state index contributed by atoms with van der Waals surface area (Å²) in [5.41, 5.74) is 0.834. The number of nitrogens with zero attached hydrogens (tertiary/aromatic N) is 1. The summed E-state index contributed by atoms with van der Waals surface area (Å²) >= 11 is 1.47. The zero-order chi connectivity index (χ0) is 13.1. The fourth-order valence-corrected chi connectivity index (χ4v) is 2.79. The van der Waals surface area contributed by atoms with Gasteiger partial charge in [0.25, 0.3) is 0 Å². The summed E-state index contributed by atoms with van der Waals surface area (Å²) in [7, 11) is 0. The highest BCUT2D eigenvalue weighted by Crippen LogP contribution is 2.31. The van der Waals surface area contributed by atoms with Gasteiger partial charge in [0.15, 0.2) is 0 Å². The summed E-state index contributed by atoms with van der Waals surface area (Å²) in [6, 6.07) is -0.243. The lowest BCUT2D eigenvalue weighted by Gasteiger charge is -2.17. The van der Waals surface area contributed by atoms with Crippen molar-refractivity contribution in [3.63, 3.8) is 0 Å². The van der Waals surface area contributed by atoms with Crippen molar-refractivity contribution in [3.05, 3.63) is 15.6 Å². The smallest absolute Gasteiger partial charge is 0.309 e. The Hall–Kier alpha value is -0.620. The lowest BCUT2D eigenvalue weighted by atomic mass is 10.1. The van der Waals surface area contributed by atoms with Crippen LogP contribution in [-0.2, 0) is 0 Å². The normalized spacial score (nSPS) is 14.0. The van der Waals surface area contributed by atoms with Gasteiger partial charge in [0.05, 0.1) is 10.7 Å². The van der Waals surface area contributed by atoms with E-state index in [4.69, 9.17) is 0 Å². The second-order valence-electron chi connectivity index (χ2n) is 3.95. The molecule has 6 heteroatoms. The molecule has 0 bridgehead atoms. The van der Waals surface area contributed by atoms with Crippen molar-refractivity contribution in [1.29, 1.82) is 0 Å². The molecule has 1 atom stereocenters. The van der Waals surface area contributed by atoms with Crippen molar-refractivity contribution >= 4 is 11.3 Å². The third kappa shape index (κ3) is 4.63. The molecular weight excluding hydrogens is 249 g/mol. The van der Waals surface area contributed by atoms with Gasteiger partial charge in [-0.05, 0) is 26.8 Å². The predicted octanol–water partition coefficient (Wildman–Crippen LogP) is 3.75. The Morgan fingerprint density at radius 2 is 2.00 bits per heavy atom. The van der Waals surface area contributed by atoms with E-state index < -0.39 is 12.6 Å². The number of alkyl halides is 3. The van der Waals surface area contributed by atoms with Gasteiger partial charge in [0.1, 0.15) is 0 Å². The molecule has 0 fully saturated rings. The van der Waals surface area contributed by atoms with E-state index >= 15 is 0 Å². The summed E-state index contributed by atoms with van der Waals surface area (Å²) in [6.07, 6.45) is -4.79. The van der Waals surface area contributed by atoms with E-state index in [1.807, 2.05) is 20.8 Å². The maximum Gasteiger partial charge on any atom is 0.389 e. The number of rotatable bonds is 5. The van der Waals surface area contributed by atoms with Crippen molar-refractivity contribution in [2.75, 3.05) is 6.54 Å². The lowest BCUT2D eigenvalue weighted by molar-refractivity contribution is -0.136. The Balaban J connectivity index is 2.75. The quantitative estimate of drug-likeness (QED) is 0.878. The Morgan fingerprint density at radius 3 is 2.41 bits per heavy atom. The van der Waals surface area contributed by atoms with E-state index in [2.05, 4.69) is 10.3 Å². The fourth-order valence-electron chi connectivity index (χ4n) is 1.75. The minimum atomic E-state index is -4.10. The summed E-state index contributed by atoms with van der Waals surface area (Å²) in [5.74, 6) is 0. The summed E-state index contributed by atoms with van der Waals surface area (Å²) < 4.78 is 36.7. The van der Waals surface area contributed by atoms with E-state index in [9.17, 15) is 13.2 Å². The molecule has 0 spiro atoms. The fraction of sp³-hybridized carbons (Fsp3) is 0.727. The Kier molecular flexibility index (Phi) is 4.94. The van der Waals surface area contributed by atoms with Gasteiger partial charge in [0.2, 0.25) is 0 Å². The van der Waals surface area contributed by atoms with Gasteiger partial charge in [-0.1, -0.05) is 6.92 Å². The van der Waals surface area contributed by atoms with E-state index in [0.29, 0.717) is 6.54 Å². The first-order valence-electron chi connectivity index (χ1n) is 5.57. The second kappa shape index (κ2) is 5.82. The molecule has 1 N–H and O–H groups in total. The van der Waals surface area contributed by atoms with Crippen molar-refractivity contribution in [3.8, 4) is 0 Å². The second-order valence-corrected chi connectivity index (χ2v) is 5.18. The number of thiazole rings is 1. The molecule has 0 radical (unpaired) electrons.